The number of nitrogens with one attached hydrogen (secondary N) is 1. The van der Waals surface area contributed by atoms with Crippen LogP contribution in [-0.2, 0) is 6.54 Å². The van der Waals surface area contributed by atoms with Crippen LogP contribution in [0.3, 0.4) is 0 Å². The quantitative estimate of drug-likeness (QED) is 0.733. The predicted molar refractivity (Wildman–Crippen MR) is 79.3 cm³/mol. The van der Waals surface area contributed by atoms with E-state index in [0.717, 1.165) is 23.2 Å². The van der Waals surface area contributed by atoms with Gasteiger partial charge < -0.3 is 17.0 Å². The van der Waals surface area contributed by atoms with Crippen molar-refractivity contribution in [3.8, 4) is 0 Å². The molecule has 0 aliphatic carbocycles. The third-order valence-corrected chi connectivity index (χ3v) is 3.42. The lowest BCUT2D eigenvalue weighted by Gasteiger charge is -2.11. The summed E-state index contributed by atoms with van der Waals surface area (Å²) in [6, 6.07) is 17.3. The Morgan fingerprint density at radius 1 is 0.857 bits per heavy atom. The van der Waals surface area contributed by atoms with Crippen molar-refractivity contribution in [2.75, 3.05) is 0 Å². The lowest BCUT2D eigenvalue weighted by atomic mass is 9.98. The van der Waals surface area contributed by atoms with Crippen molar-refractivity contribution in [2.24, 2.45) is 0 Å². The Bertz CT molecular complexity index is 665. The number of hydrogen-bond acceptors (Lipinski definition) is 1. The number of benzene rings is 2. The second-order valence-corrected chi connectivity index (χ2v) is 4.82. The number of allylic oxidation sites excluding steroid dienone is 2. The monoisotopic (exact) mass is 341 g/mol. The van der Waals surface area contributed by atoms with Gasteiger partial charge in [-0.15, -0.1) is 0 Å². The third-order valence-electron chi connectivity index (χ3n) is 3.42. The molecule has 0 saturated carbocycles. The van der Waals surface area contributed by atoms with Crippen molar-refractivity contribution in [1.82, 2.24) is 0 Å². The first kappa shape index (κ1) is 15.4. The zero-order chi connectivity index (χ0) is 13.8. The molecule has 1 heterocycles. The molecule has 0 saturated heterocycles. The highest BCUT2D eigenvalue weighted by atomic mass is 79.9. The maximum atomic E-state index is 12.6. The fourth-order valence-corrected chi connectivity index (χ4v) is 2.39. The van der Waals surface area contributed by atoms with Crippen molar-refractivity contribution in [3.05, 3.63) is 95.8 Å². The molecule has 0 atom stereocenters. The molecule has 1 N–H and O–H groups in total. The number of ketones is 1. The Kier molecular flexibility index (Phi) is 5.26. The van der Waals surface area contributed by atoms with Crippen LogP contribution in [0, 0.1) is 0 Å². The minimum Gasteiger partial charge on any atom is -1.00 e. The Morgan fingerprint density at radius 2 is 1.48 bits per heavy atom. The molecule has 3 heteroatoms. The van der Waals surface area contributed by atoms with E-state index in [1.165, 1.54) is 4.90 Å². The zero-order valence-corrected chi connectivity index (χ0v) is 13.1. The lowest BCUT2D eigenvalue weighted by Crippen LogP contribution is -3.00. The van der Waals surface area contributed by atoms with Gasteiger partial charge in [0.25, 0.3) is 0 Å². The van der Waals surface area contributed by atoms with Crippen molar-refractivity contribution in [1.29, 1.82) is 0 Å². The van der Waals surface area contributed by atoms with Crippen molar-refractivity contribution in [3.63, 3.8) is 0 Å². The largest absolute Gasteiger partial charge is 1.00 e. The SMILES string of the molecule is O=C(c1ccccc1)c1ccccc1C[NH+]1C=CC=C1.[Br-]. The van der Waals surface area contributed by atoms with E-state index >= 15 is 0 Å². The van der Waals surface area contributed by atoms with Gasteiger partial charge in [0.2, 0.25) is 0 Å². The van der Waals surface area contributed by atoms with Crippen LogP contribution >= 0.6 is 0 Å². The summed E-state index contributed by atoms with van der Waals surface area (Å²) in [4.78, 5) is 13.8. The maximum Gasteiger partial charge on any atom is 0.193 e. The van der Waals surface area contributed by atoms with Gasteiger partial charge in [0.05, 0.1) is 12.4 Å². The van der Waals surface area contributed by atoms with E-state index in [-0.39, 0.29) is 22.8 Å². The molecule has 0 bridgehead atoms. The molecule has 106 valence electrons. The molecule has 0 unspecified atom stereocenters. The normalized spacial score (nSPS) is 13.1. The Morgan fingerprint density at radius 3 is 2.19 bits per heavy atom. The van der Waals surface area contributed by atoms with Gasteiger partial charge in [0.1, 0.15) is 6.54 Å². The summed E-state index contributed by atoms with van der Waals surface area (Å²) in [6.45, 7) is 0.793. The molecular formula is C18H16BrNO. The molecule has 2 aromatic rings. The molecule has 0 radical (unpaired) electrons. The maximum absolute atomic E-state index is 12.6. The summed E-state index contributed by atoms with van der Waals surface area (Å²) in [5.74, 6) is 0.0905. The first-order valence-electron chi connectivity index (χ1n) is 6.73. The van der Waals surface area contributed by atoms with Crippen molar-refractivity contribution in [2.45, 2.75) is 6.54 Å². The first-order valence-corrected chi connectivity index (χ1v) is 6.73. The van der Waals surface area contributed by atoms with Crippen LogP contribution in [0.15, 0.2) is 79.1 Å². The van der Waals surface area contributed by atoms with E-state index in [0.29, 0.717) is 0 Å². The fraction of sp³-hybridized carbons (Fsp3) is 0.0556. The van der Waals surface area contributed by atoms with Gasteiger partial charge in [-0.3, -0.25) is 9.69 Å². The minimum atomic E-state index is 0. The second kappa shape index (κ2) is 7.16. The average molecular weight is 342 g/mol. The number of hydrogen-bond donors (Lipinski definition) is 1. The van der Waals surface area contributed by atoms with Crippen LogP contribution in [0.2, 0.25) is 0 Å². The molecule has 2 aromatic carbocycles. The molecule has 0 amide bonds. The smallest absolute Gasteiger partial charge is 0.193 e. The Hall–Kier alpha value is -1.97. The van der Waals surface area contributed by atoms with Crippen LogP contribution in [0.5, 0.6) is 0 Å². The van der Waals surface area contributed by atoms with Crippen LogP contribution in [0.1, 0.15) is 21.5 Å². The Balaban J connectivity index is 0.00000161. The molecule has 0 aromatic heterocycles. The van der Waals surface area contributed by atoms with E-state index in [1.807, 2.05) is 66.7 Å². The summed E-state index contributed by atoms with van der Waals surface area (Å²) in [5.41, 5.74) is 2.61. The van der Waals surface area contributed by atoms with Crippen LogP contribution < -0.4 is 21.9 Å². The molecule has 0 fully saturated rings. The molecule has 1 aliphatic rings. The predicted octanol–water partition coefficient (Wildman–Crippen LogP) is -0.652. The van der Waals surface area contributed by atoms with Crippen molar-refractivity contribution >= 4 is 5.78 Å². The average Bonchev–Trinajstić information content (AvgIpc) is 3.01. The summed E-state index contributed by atoms with van der Waals surface area (Å²) in [7, 11) is 0. The topological polar surface area (TPSA) is 21.5 Å². The first-order chi connectivity index (χ1) is 9.84. The van der Waals surface area contributed by atoms with Crippen LogP contribution in [0.4, 0.5) is 0 Å². The van der Waals surface area contributed by atoms with Crippen LogP contribution in [-0.4, -0.2) is 5.78 Å². The number of carbonyl (C=O) groups is 1. The highest BCUT2D eigenvalue weighted by molar-refractivity contribution is 6.09. The fourth-order valence-electron chi connectivity index (χ4n) is 2.39. The van der Waals surface area contributed by atoms with Gasteiger partial charge >= 0.3 is 0 Å². The molecule has 21 heavy (non-hydrogen) atoms. The molecule has 3 rings (SSSR count). The highest BCUT2D eigenvalue weighted by Gasteiger charge is 2.16. The minimum absolute atomic E-state index is 0. The van der Waals surface area contributed by atoms with Gasteiger partial charge in [0.15, 0.2) is 5.78 Å². The standard InChI is InChI=1S/C18H15NO.BrH/c20-18(15-8-2-1-3-9-15)17-11-5-4-10-16(17)14-19-12-6-7-13-19;/h1-13H,14H2;1H. The lowest BCUT2D eigenvalue weighted by molar-refractivity contribution is -0.802. The van der Waals surface area contributed by atoms with Gasteiger partial charge in [-0.05, 0) is 12.2 Å². The summed E-state index contributed by atoms with van der Waals surface area (Å²) in [6.07, 6.45) is 8.22. The molecule has 1 aliphatic heterocycles. The number of halogens is 1. The van der Waals surface area contributed by atoms with Crippen LogP contribution in [0.25, 0.3) is 0 Å². The van der Waals surface area contributed by atoms with E-state index < -0.39 is 0 Å². The van der Waals surface area contributed by atoms with Gasteiger partial charge in [0, 0.05) is 16.7 Å². The second-order valence-electron chi connectivity index (χ2n) is 4.82. The third kappa shape index (κ3) is 3.57. The summed E-state index contributed by atoms with van der Waals surface area (Å²) in [5, 5.41) is 0. The van der Waals surface area contributed by atoms with Gasteiger partial charge in [-0.25, -0.2) is 0 Å². The summed E-state index contributed by atoms with van der Waals surface area (Å²) >= 11 is 0. The van der Waals surface area contributed by atoms with E-state index in [9.17, 15) is 4.79 Å². The van der Waals surface area contributed by atoms with Gasteiger partial charge in [-0.2, -0.15) is 0 Å². The number of quaternary nitrogens is 1. The molecule has 0 spiro atoms. The molecule has 2 nitrogen and oxygen atoms in total. The Labute approximate surface area is 135 Å². The molecular weight excluding hydrogens is 326 g/mol. The zero-order valence-electron chi connectivity index (χ0n) is 11.5. The van der Waals surface area contributed by atoms with Gasteiger partial charge in [-0.1, -0.05) is 54.6 Å². The van der Waals surface area contributed by atoms with E-state index in [1.54, 1.807) is 0 Å². The summed E-state index contributed by atoms with van der Waals surface area (Å²) < 4.78 is 0. The van der Waals surface area contributed by atoms with E-state index in [4.69, 9.17) is 0 Å². The number of carbonyl (C=O) groups excluding carboxylic acids is 1. The van der Waals surface area contributed by atoms with Crippen molar-refractivity contribution < 1.29 is 26.7 Å². The number of rotatable bonds is 4. The van der Waals surface area contributed by atoms with E-state index in [2.05, 4.69) is 12.4 Å². The highest BCUT2D eigenvalue weighted by Crippen LogP contribution is 2.14.